The Labute approximate surface area is 142 Å². The lowest BCUT2D eigenvalue weighted by Gasteiger charge is -2.19. The number of benzene rings is 1. The summed E-state index contributed by atoms with van der Waals surface area (Å²) in [5, 5.41) is 4.89. The molecule has 0 fully saturated rings. The molecule has 2 aromatic heterocycles. The Hall–Kier alpha value is -2.64. The van der Waals surface area contributed by atoms with Crippen LogP contribution in [0, 0.1) is 0 Å². The lowest BCUT2D eigenvalue weighted by atomic mass is 10.2. The van der Waals surface area contributed by atoms with Crippen molar-refractivity contribution in [2.24, 2.45) is 0 Å². The van der Waals surface area contributed by atoms with Gasteiger partial charge in [0.05, 0.1) is 17.6 Å². The summed E-state index contributed by atoms with van der Waals surface area (Å²) in [4.78, 5) is 32.2. The van der Waals surface area contributed by atoms with E-state index in [4.69, 9.17) is 0 Å². The molecule has 3 rings (SSSR count). The number of thiophene rings is 1. The van der Waals surface area contributed by atoms with Gasteiger partial charge in [0.25, 0.3) is 0 Å². The molecule has 0 aliphatic carbocycles. The molecule has 0 aliphatic heterocycles. The van der Waals surface area contributed by atoms with Crippen LogP contribution in [0.1, 0.15) is 4.88 Å². The number of fused-ring (bicyclic) bond motifs is 1. The number of aromatic amines is 2. The Kier molecular flexibility index (Phi) is 4.93. The highest BCUT2D eigenvalue weighted by Gasteiger charge is 2.11. The van der Waals surface area contributed by atoms with Gasteiger partial charge in [0.1, 0.15) is 0 Å². The number of amides is 1. The smallest absolute Gasteiger partial charge is 0.323 e. The van der Waals surface area contributed by atoms with Crippen molar-refractivity contribution in [3.8, 4) is 0 Å². The first-order chi connectivity index (χ1) is 11.6. The van der Waals surface area contributed by atoms with Gasteiger partial charge in [-0.1, -0.05) is 12.1 Å². The molecule has 1 amide bonds. The van der Waals surface area contributed by atoms with Gasteiger partial charge in [-0.2, -0.15) is 0 Å². The van der Waals surface area contributed by atoms with Gasteiger partial charge in [0.15, 0.2) is 0 Å². The maximum atomic E-state index is 12.3. The van der Waals surface area contributed by atoms with E-state index >= 15 is 0 Å². The van der Waals surface area contributed by atoms with Gasteiger partial charge in [-0.3, -0.25) is 9.69 Å². The molecule has 3 N–H and O–H groups in total. The van der Waals surface area contributed by atoms with Crippen molar-refractivity contribution in [1.29, 1.82) is 0 Å². The van der Waals surface area contributed by atoms with Crippen LogP contribution in [-0.4, -0.2) is 33.9 Å². The molecule has 3 aromatic rings. The summed E-state index contributed by atoms with van der Waals surface area (Å²) in [6.45, 7) is 5.36. The second kappa shape index (κ2) is 7.29. The number of hydrogen-bond acceptors (Lipinski definition) is 4. The largest absolute Gasteiger partial charge is 0.325 e. The topological polar surface area (TPSA) is 81.0 Å². The quantitative estimate of drug-likeness (QED) is 0.577. The molecular weight excluding hydrogens is 324 g/mol. The van der Waals surface area contributed by atoms with Crippen molar-refractivity contribution < 1.29 is 4.79 Å². The second-order valence-electron chi connectivity index (χ2n) is 5.43. The van der Waals surface area contributed by atoms with Gasteiger partial charge in [0.2, 0.25) is 5.91 Å². The van der Waals surface area contributed by atoms with Crippen LogP contribution in [0.4, 0.5) is 5.69 Å². The SMILES string of the molecule is C=CCN(CC(=O)Nc1ccc2[nH]c(=O)[nH]c2c1)Cc1cccs1. The highest BCUT2D eigenvalue weighted by Crippen LogP contribution is 2.15. The van der Waals surface area contributed by atoms with E-state index in [1.807, 2.05) is 16.3 Å². The van der Waals surface area contributed by atoms with Gasteiger partial charge in [0, 0.05) is 23.7 Å². The number of anilines is 1. The minimum absolute atomic E-state index is 0.106. The summed E-state index contributed by atoms with van der Waals surface area (Å²) in [5.74, 6) is -0.106. The summed E-state index contributed by atoms with van der Waals surface area (Å²) in [6, 6.07) is 9.31. The number of hydrogen-bond donors (Lipinski definition) is 3. The number of H-pyrrole nitrogens is 2. The maximum absolute atomic E-state index is 12.3. The van der Waals surface area contributed by atoms with Gasteiger partial charge in [-0.15, -0.1) is 17.9 Å². The number of carbonyl (C=O) groups excluding carboxylic acids is 1. The predicted molar refractivity (Wildman–Crippen MR) is 97.3 cm³/mol. The minimum atomic E-state index is -0.262. The van der Waals surface area contributed by atoms with Gasteiger partial charge in [-0.05, 0) is 29.6 Å². The molecule has 0 radical (unpaired) electrons. The third-order valence-corrected chi connectivity index (χ3v) is 4.37. The van der Waals surface area contributed by atoms with Crippen molar-refractivity contribution in [1.82, 2.24) is 14.9 Å². The third-order valence-electron chi connectivity index (χ3n) is 3.51. The van der Waals surface area contributed by atoms with Crippen molar-refractivity contribution in [3.05, 3.63) is 63.7 Å². The molecule has 0 saturated heterocycles. The van der Waals surface area contributed by atoms with E-state index in [9.17, 15) is 9.59 Å². The van der Waals surface area contributed by atoms with Crippen LogP contribution in [0.5, 0.6) is 0 Å². The van der Waals surface area contributed by atoms with E-state index in [-0.39, 0.29) is 18.1 Å². The average molecular weight is 342 g/mol. The maximum Gasteiger partial charge on any atom is 0.323 e. The molecule has 0 unspecified atom stereocenters. The van der Waals surface area contributed by atoms with Crippen LogP contribution < -0.4 is 11.0 Å². The van der Waals surface area contributed by atoms with Crippen molar-refractivity contribution in [2.45, 2.75) is 6.54 Å². The first kappa shape index (κ1) is 16.2. The number of nitrogens with one attached hydrogen (secondary N) is 3. The molecule has 24 heavy (non-hydrogen) atoms. The molecule has 124 valence electrons. The molecule has 7 heteroatoms. The molecule has 0 spiro atoms. The highest BCUT2D eigenvalue weighted by atomic mass is 32.1. The van der Waals surface area contributed by atoms with Crippen LogP contribution in [0.2, 0.25) is 0 Å². The first-order valence-corrected chi connectivity index (χ1v) is 8.39. The van der Waals surface area contributed by atoms with Gasteiger partial charge >= 0.3 is 5.69 Å². The summed E-state index contributed by atoms with van der Waals surface area (Å²) < 4.78 is 0. The van der Waals surface area contributed by atoms with E-state index in [0.717, 1.165) is 0 Å². The molecule has 2 heterocycles. The summed E-state index contributed by atoms with van der Waals surface area (Å²) >= 11 is 1.67. The zero-order chi connectivity index (χ0) is 16.9. The van der Waals surface area contributed by atoms with Crippen LogP contribution in [0.25, 0.3) is 11.0 Å². The minimum Gasteiger partial charge on any atom is -0.325 e. The fraction of sp³-hybridized carbons (Fsp3) is 0.176. The third kappa shape index (κ3) is 4.01. The molecule has 0 aliphatic rings. The van der Waals surface area contributed by atoms with Crippen molar-refractivity contribution >= 4 is 34.0 Å². The number of imidazole rings is 1. The van der Waals surface area contributed by atoms with E-state index in [1.54, 1.807) is 35.6 Å². The fourth-order valence-corrected chi connectivity index (χ4v) is 3.25. The van der Waals surface area contributed by atoms with E-state index in [2.05, 4.69) is 27.9 Å². The lowest BCUT2D eigenvalue weighted by Crippen LogP contribution is -2.32. The number of nitrogens with zero attached hydrogens (tertiary/aromatic N) is 1. The average Bonchev–Trinajstić information content (AvgIpc) is 3.15. The van der Waals surface area contributed by atoms with E-state index in [1.165, 1.54) is 4.88 Å². The Bertz CT molecular complexity index is 895. The van der Waals surface area contributed by atoms with Crippen LogP contribution in [0.15, 0.2) is 53.2 Å². The normalized spacial score (nSPS) is 11.0. The highest BCUT2D eigenvalue weighted by molar-refractivity contribution is 7.09. The van der Waals surface area contributed by atoms with Crippen molar-refractivity contribution in [2.75, 3.05) is 18.4 Å². The zero-order valence-electron chi connectivity index (χ0n) is 13.0. The monoisotopic (exact) mass is 342 g/mol. The first-order valence-electron chi connectivity index (χ1n) is 7.51. The summed E-state index contributed by atoms with van der Waals surface area (Å²) in [7, 11) is 0. The Morgan fingerprint density at radius 2 is 2.12 bits per heavy atom. The Morgan fingerprint density at radius 3 is 2.88 bits per heavy atom. The molecule has 6 nitrogen and oxygen atoms in total. The van der Waals surface area contributed by atoms with E-state index < -0.39 is 0 Å². The molecule has 0 saturated carbocycles. The van der Waals surface area contributed by atoms with Crippen LogP contribution >= 0.6 is 11.3 Å². The summed E-state index contributed by atoms with van der Waals surface area (Å²) in [5.41, 5.74) is 1.77. The van der Waals surface area contributed by atoms with Gasteiger partial charge < -0.3 is 15.3 Å². The molecular formula is C17H18N4O2S. The number of carbonyl (C=O) groups is 1. The zero-order valence-corrected chi connectivity index (χ0v) is 13.9. The molecule has 0 atom stereocenters. The predicted octanol–water partition coefficient (Wildman–Crippen LogP) is 2.54. The summed E-state index contributed by atoms with van der Waals surface area (Å²) in [6.07, 6.45) is 1.79. The van der Waals surface area contributed by atoms with Crippen LogP contribution in [0.3, 0.4) is 0 Å². The standard InChI is InChI=1S/C17H18N4O2S/c1-2-7-21(10-13-4-3-8-24-13)11-16(22)18-12-5-6-14-15(9-12)20-17(23)19-14/h2-6,8-9H,1,7,10-11H2,(H,18,22)(H2,19,20,23). The van der Waals surface area contributed by atoms with E-state index in [0.29, 0.717) is 29.8 Å². The van der Waals surface area contributed by atoms with Crippen LogP contribution in [-0.2, 0) is 11.3 Å². The number of rotatable bonds is 7. The van der Waals surface area contributed by atoms with Crippen molar-refractivity contribution in [3.63, 3.8) is 0 Å². The second-order valence-corrected chi connectivity index (χ2v) is 6.46. The van der Waals surface area contributed by atoms with Gasteiger partial charge in [-0.25, -0.2) is 4.79 Å². The lowest BCUT2D eigenvalue weighted by molar-refractivity contribution is -0.117. The molecule has 1 aromatic carbocycles. The number of aromatic nitrogens is 2. The Morgan fingerprint density at radius 1 is 1.29 bits per heavy atom. The fourth-order valence-electron chi connectivity index (χ4n) is 2.50. The molecule has 0 bridgehead atoms. The Balaban J connectivity index is 1.65.